The summed E-state index contributed by atoms with van der Waals surface area (Å²) in [6, 6.07) is 19.8. The van der Waals surface area contributed by atoms with E-state index in [4.69, 9.17) is 25.8 Å². The van der Waals surface area contributed by atoms with E-state index in [1.54, 1.807) is 48.5 Å². The Labute approximate surface area is 184 Å². The number of hydrogen-bond donors (Lipinski definition) is 0. The van der Waals surface area contributed by atoms with E-state index in [9.17, 15) is 13.2 Å². The van der Waals surface area contributed by atoms with Gasteiger partial charge in [0, 0.05) is 5.02 Å². The molecule has 0 aliphatic rings. The summed E-state index contributed by atoms with van der Waals surface area (Å²) >= 11 is 5.86. The van der Waals surface area contributed by atoms with Crippen molar-refractivity contribution in [3.63, 3.8) is 0 Å². The minimum Gasteiger partial charge on any atom is -0.494 e. The first-order chi connectivity index (χ1) is 14.8. The van der Waals surface area contributed by atoms with E-state index in [-0.39, 0.29) is 12.2 Å². The fourth-order valence-corrected chi connectivity index (χ4v) is 3.10. The zero-order valence-corrected chi connectivity index (χ0v) is 17.6. The summed E-state index contributed by atoms with van der Waals surface area (Å²) in [4.78, 5) is 0. The molecule has 0 saturated heterocycles. The first kappa shape index (κ1) is 23.0. The largest absolute Gasteiger partial charge is 0.494 e. The van der Waals surface area contributed by atoms with Crippen LogP contribution >= 0.6 is 11.6 Å². The van der Waals surface area contributed by atoms with Crippen molar-refractivity contribution in [3.05, 3.63) is 88.9 Å². The summed E-state index contributed by atoms with van der Waals surface area (Å²) in [5.41, 5.74) is 0.842. The predicted octanol–water partition coefficient (Wildman–Crippen LogP) is 7.39. The molecule has 3 aromatic carbocycles. The molecule has 164 valence electrons. The fraction of sp³-hybridized carbons (Fsp3) is 0.250. The van der Waals surface area contributed by atoms with Crippen molar-refractivity contribution < 1.29 is 27.4 Å². The number of hydrogen-bond acceptors (Lipinski definition) is 3. The highest BCUT2D eigenvalue weighted by Crippen LogP contribution is 2.36. The van der Waals surface area contributed by atoms with Crippen molar-refractivity contribution in [3.8, 4) is 17.2 Å². The topological polar surface area (TPSA) is 27.7 Å². The lowest BCUT2D eigenvalue weighted by Crippen LogP contribution is -2.25. The lowest BCUT2D eigenvalue weighted by Gasteiger charge is -2.21. The van der Waals surface area contributed by atoms with E-state index in [0.717, 1.165) is 0 Å². The van der Waals surface area contributed by atoms with Crippen molar-refractivity contribution in [2.45, 2.75) is 25.6 Å². The van der Waals surface area contributed by atoms with E-state index in [1.165, 1.54) is 24.3 Å². The van der Waals surface area contributed by atoms with E-state index >= 15 is 0 Å². The summed E-state index contributed by atoms with van der Waals surface area (Å²) in [5.74, 6) is -0.0281. The molecule has 0 aliphatic heterocycles. The molecular formula is C24H22ClF3O3. The van der Waals surface area contributed by atoms with Crippen LogP contribution in [0.5, 0.6) is 17.2 Å². The van der Waals surface area contributed by atoms with E-state index in [1.807, 2.05) is 6.92 Å². The maximum Gasteiger partial charge on any atom is 0.397 e. The average Bonchev–Trinajstić information content (AvgIpc) is 2.73. The van der Waals surface area contributed by atoms with Gasteiger partial charge in [-0.05, 0) is 66.6 Å². The second-order valence-corrected chi connectivity index (χ2v) is 7.25. The fourth-order valence-electron chi connectivity index (χ4n) is 2.97. The van der Waals surface area contributed by atoms with E-state index in [0.29, 0.717) is 34.4 Å². The van der Waals surface area contributed by atoms with E-state index in [2.05, 4.69) is 0 Å². The molecule has 0 unspecified atom stereocenters. The van der Waals surface area contributed by atoms with Gasteiger partial charge >= 0.3 is 6.18 Å². The van der Waals surface area contributed by atoms with Gasteiger partial charge in [-0.1, -0.05) is 35.9 Å². The molecule has 0 aromatic heterocycles. The first-order valence-corrected chi connectivity index (χ1v) is 10.1. The number of rotatable bonds is 9. The molecule has 0 N–H and O–H groups in total. The van der Waals surface area contributed by atoms with Crippen molar-refractivity contribution in [1.29, 1.82) is 0 Å². The van der Waals surface area contributed by atoms with Crippen LogP contribution in [0.3, 0.4) is 0 Å². The summed E-state index contributed by atoms with van der Waals surface area (Å²) in [7, 11) is 0. The minimum absolute atomic E-state index is 0.0292. The third kappa shape index (κ3) is 6.91. The van der Waals surface area contributed by atoms with Crippen LogP contribution in [0.4, 0.5) is 13.2 Å². The van der Waals surface area contributed by atoms with Gasteiger partial charge in [0.1, 0.15) is 23.2 Å². The summed E-state index contributed by atoms with van der Waals surface area (Å²) in [5, 5.41) is 0.598. The Bertz CT molecular complexity index is 957. The maximum atomic E-state index is 13.6. The van der Waals surface area contributed by atoms with Crippen molar-refractivity contribution >= 4 is 11.6 Å². The van der Waals surface area contributed by atoms with Gasteiger partial charge in [0.2, 0.25) is 0 Å². The molecule has 1 atom stereocenters. The second-order valence-electron chi connectivity index (χ2n) is 6.81. The van der Waals surface area contributed by atoms with Crippen LogP contribution in [-0.2, 0) is 11.3 Å². The Kier molecular flexibility index (Phi) is 7.82. The minimum atomic E-state index is -4.42. The molecule has 3 nitrogen and oxygen atoms in total. The van der Waals surface area contributed by atoms with Crippen LogP contribution in [0.2, 0.25) is 5.02 Å². The highest BCUT2D eigenvalue weighted by Gasteiger charge is 2.40. The number of alkyl halides is 3. The molecule has 0 fully saturated rings. The summed E-state index contributed by atoms with van der Waals surface area (Å²) < 4.78 is 57.2. The molecule has 0 amide bonds. The standard InChI is InChI=1S/C24H22ClF3O3/c1-2-30-20-10-6-18(7-11-20)23(24(26,27)28)16-29-15-17-4-3-5-22(14-17)31-21-12-8-19(25)9-13-21/h3-14,23H,2,15-16H2,1H3/t23-/m1/s1. The van der Waals surface area contributed by atoms with Gasteiger partial charge in [-0.2, -0.15) is 13.2 Å². The number of benzene rings is 3. The van der Waals surface area contributed by atoms with Crippen molar-refractivity contribution in [2.75, 3.05) is 13.2 Å². The van der Waals surface area contributed by atoms with Crippen LogP contribution in [0.1, 0.15) is 24.0 Å². The zero-order chi connectivity index (χ0) is 22.3. The first-order valence-electron chi connectivity index (χ1n) is 9.74. The van der Waals surface area contributed by atoms with Gasteiger partial charge in [0.05, 0.1) is 19.8 Å². The highest BCUT2D eigenvalue weighted by atomic mass is 35.5. The smallest absolute Gasteiger partial charge is 0.397 e. The lowest BCUT2D eigenvalue weighted by atomic mass is 9.99. The normalized spacial score (nSPS) is 12.4. The molecular weight excluding hydrogens is 429 g/mol. The third-order valence-electron chi connectivity index (χ3n) is 4.49. The van der Waals surface area contributed by atoms with Gasteiger partial charge in [0.15, 0.2) is 0 Å². The third-order valence-corrected chi connectivity index (χ3v) is 4.74. The molecule has 0 bridgehead atoms. The molecule has 0 radical (unpaired) electrons. The molecule has 31 heavy (non-hydrogen) atoms. The molecule has 3 aromatic rings. The van der Waals surface area contributed by atoms with Crippen LogP contribution in [0.15, 0.2) is 72.8 Å². The Morgan fingerprint density at radius 2 is 1.55 bits per heavy atom. The van der Waals surface area contributed by atoms with E-state index < -0.39 is 18.7 Å². The highest BCUT2D eigenvalue weighted by molar-refractivity contribution is 6.30. The van der Waals surface area contributed by atoms with Gasteiger partial charge in [-0.25, -0.2) is 0 Å². The summed E-state index contributed by atoms with van der Waals surface area (Å²) in [6.07, 6.45) is -4.42. The van der Waals surface area contributed by atoms with Crippen molar-refractivity contribution in [2.24, 2.45) is 0 Å². The average molecular weight is 451 g/mol. The molecule has 0 aliphatic carbocycles. The van der Waals surface area contributed by atoms with Crippen LogP contribution in [0.25, 0.3) is 0 Å². The summed E-state index contributed by atoms with van der Waals surface area (Å²) in [6.45, 7) is 1.81. The van der Waals surface area contributed by atoms with Gasteiger partial charge in [-0.3, -0.25) is 0 Å². The van der Waals surface area contributed by atoms with Crippen LogP contribution in [0, 0.1) is 0 Å². The Hall–Kier alpha value is -2.70. The van der Waals surface area contributed by atoms with Crippen LogP contribution < -0.4 is 9.47 Å². The molecule has 7 heteroatoms. The Balaban J connectivity index is 1.62. The Morgan fingerprint density at radius 3 is 2.19 bits per heavy atom. The monoisotopic (exact) mass is 450 g/mol. The Morgan fingerprint density at radius 1 is 0.871 bits per heavy atom. The second kappa shape index (κ2) is 10.6. The number of halogens is 4. The quantitative estimate of drug-likeness (QED) is 0.340. The number of ether oxygens (including phenoxy) is 3. The predicted molar refractivity (Wildman–Crippen MR) is 114 cm³/mol. The van der Waals surface area contributed by atoms with Gasteiger partial charge in [0.25, 0.3) is 0 Å². The molecule has 3 rings (SSSR count). The molecule has 0 heterocycles. The SMILES string of the molecule is CCOc1ccc([C@@H](COCc2cccc(Oc3ccc(Cl)cc3)c2)C(F)(F)F)cc1. The van der Waals surface area contributed by atoms with Crippen LogP contribution in [-0.4, -0.2) is 19.4 Å². The zero-order valence-electron chi connectivity index (χ0n) is 16.9. The van der Waals surface area contributed by atoms with Gasteiger partial charge < -0.3 is 14.2 Å². The molecule has 0 spiro atoms. The van der Waals surface area contributed by atoms with Gasteiger partial charge in [-0.15, -0.1) is 0 Å². The lowest BCUT2D eigenvalue weighted by molar-refractivity contribution is -0.163. The maximum absolute atomic E-state index is 13.6. The molecule has 0 saturated carbocycles. The van der Waals surface area contributed by atoms with Crippen molar-refractivity contribution in [1.82, 2.24) is 0 Å².